The summed E-state index contributed by atoms with van der Waals surface area (Å²) in [7, 11) is 0. The minimum absolute atomic E-state index is 0.0390. The van der Waals surface area contributed by atoms with Gasteiger partial charge in [0.2, 0.25) is 11.8 Å². The average Bonchev–Trinajstić information content (AvgIpc) is 3.08. The van der Waals surface area contributed by atoms with Crippen LogP contribution in [-0.4, -0.2) is 40.8 Å². The summed E-state index contributed by atoms with van der Waals surface area (Å²) in [5.41, 5.74) is 0.465. The second-order valence-electron chi connectivity index (χ2n) is 6.54. The first-order chi connectivity index (χ1) is 12.1. The summed E-state index contributed by atoms with van der Waals surface area (Å²) in [5.74, 6) is 1.08. The molecule has 0 saturated carbocycles. The first-order valence-electron chi connectivity index (χ1n) is 8.83. The van der Waals surface area contributed by atoms with Gasteiger partial charge in [0.25, 0.3) is 0 Å². The molecule has 1 aromatic heterocycles. The highest BCUT2D eigenvalue weighted by Gasteiger charge is 2.45. The Morgan fingerprint density at radius 3 is 2.52 bits per heavy atom. The summed E-state index contributed by atoms with van der Waals surface area (Å²) in [5, 5.41) is 8.04. The highest BCUT2D eigenvalue weighted by molar-refractivity contribution is 5.83. The third-order valence-electron chi connectivity index (χ3n) is 5.09. The van der Waals surface area contributed by atoms with Crippen LogP contribution in [-0.2, 0) is 14.9 Å². The van der Waals surface area contributed by atoms with Gasteiger partial charge in [-0.15, -0.1) is 10.2 Å². The third kappa shape index (κ3) is 3.44. The van der Waals surface area contributed by atoms with Crippen molar-refractivity contribution in [3.63, 3.8) is 0 Å². The molecule has 6 heteroatoms. The number of benzene rings is 1. The second-order valence-corrected chi connectivity index (χ2v) is 6.54. The summed E-state index contributed by atoms with van der Waals surface area (Å²) in [6.45, 7) is 7.65. The van der Waals surface area contributed by atoms with Gasteiger partial charge in [-0.2, -0.15) is 0 Å². The molecule has 2 aromatic rings. The first-order valence-corrected chi connectivity index (χ1v) is 8.83. The van der Waals surface area contributed by atoms with Crippen molar-refractivity contribution in [1.29, 1.82) is 0 Å². The maximum absolute atomic E-state index is 12.8. The lowest BCUT2D eigenvalue weighted by molar-refractivity contribution is -0.152. The van der Waals surface area contributed by atoms with Crippen LogP contribution in [0.15, 0.2) is 34.7 Å². The van der Waals surface area contributed by atoms with E-state index in [0.717, 1.165) is 18.7 Å². The van der Waals surface area contributed by atoms with E-state index in [0.29, 0.717) is 31.2 Å². The largest absolute Gasteiger partial charge is 0.465 e. The van der Waals surface area contributed by atoms with Gasteiger partial charge in [0.05, 0.1) is 18.1 Å². The molecule has 1 aromatic carbocycles. The zero-order valence-electron chi connectivity index (χ0n) is 15.1. The molecule has 0 N–H and O–H groups in total. The molecule has 0 amide bonds. The summed E-state index contributed by atoms with van der Waals surface area (Å²) in [4.78, 5) is 15.1. The van der Waals surface area contributed by atoms with Crippen molar-refractivity contribution >= 4 is 5.97 Å². The Kier molecular flexibility index (Phi) is 5.18. The van der Waals surface area contributed by atoms with Crippen molar-refractivity contribution in [2.75, 3.05) is 19.7 Å². The molecule has 2 heterocycles. The fourth-order valence-corrected chi connectivity index (χ4v) is 3.57. The number of aromatic nitrogens is 2. The molecular formula is C19H25N3O3. The van der Waals surface area contributed by atoms with Gasteiger partial charge in [0.15, 0.2) is 0 Å². The summed E-state index contributed by atoms with van der Waals surface area (Å²) in [6.07, 6.45) is 1.43. The molecule has 3 rings (SSSR count). The topological polar surface area (TPSA) is 68.5 Å². The maximum Gasteiger partial charge on any atom is 0.316 e. The molecule has 1 atom stereocenters. The van der Waals surface area contributed by atoms with Gasteiger partial charge in [-0.25, -0.2) is 0 Å². The molecule has 0 aliphatic carbocycles. The van der Waals surface area contributed by atoms with Crippen LogP contribution in [0.2, 0.25) is 0 Å². The molecule has 0 bridgehead atoms. The van der Waals surface area contributed by atoms with Gasteiger partial charge >= 0.3 is 5.97 Å². The van der Waals surface area contributed by atoms with E-state index in [1.165, 1.54) is 0 Å². The molecular weight excluding hydrogens is 318 g/mol. The van der Waals surface area contributed by atoms with Gasteiger partial charge in [-0.3, -0.25) is 9.69 Å². The summed E-state index contributed by atoms with van der Waals surface area (Å²) in [6, 6.07) is 10.0. The maximum atomic E-state index is 12.8. The molecule has 25 heavy (non-hydrogen) atoms. The Labute approximate surface area is 148 Å². The van der Waals surface area contributed by atoms with Gasteiger partial charge in [-0.05, 0) is 32.3 Å². The predicted molar refractivity (Wildman–Crippen MR) is 93.0 cm³/mol. The SMILES string of the molecule is CCOC(=O)C1(c2ccccc2)CCN(C(C)c2nnc(C)o2)CC1. The molecule has 0 spiro atoms. The molecule has 134 valence electrons. The number of carbonyl (C=O) groups excluding carboxylic acids is 1. The van der Waals surface area contributed by atoms with E-state index in [1.54, 1.807) is 6.92 Å². The number of piperidine rings is 1. The van der Waals surface area contributed by atoms with Crippen LogP contribution in [0.5, 0.6) is 0 Å². The smallest absolute Gasteiger partial charge is 0.316 e. The van der Waals surface area contributed by atoms with Crippen molar-refractivity contribution in [2.24, 2.45) is 0 Å². The molecule has 6 nitrogen and oxygen atoms in total. The van der Waals surface area contributed by atoms with E-state index >= 15 is 0 Å². The zero-order chi connectivity index (χ0) is 17.9. The summed E-state index contributed by atoms with van der Waals surface area (Å²) >= 11 is 0. The number of hydrogen-bond donors (Lipinski definition) is 0. The van der Waals surface area contributed by atoms with E-state index in [9.17, 15) is 4.79 Å². The Bertz CT molecular complexity index is 706. The van der Waals surface area contributed by atoms with E-state index in [1.807, 2.05) is 37.3 Å². The highest BCUT2D eigenvalue weighted by atomic mass is 16.5. The lowest BCUT2D eigenvalue weighted by atomic mass is 9.72. The lowest BCUT2D eigenvalue weighted by Gasteiger charge is -2.41. The van der Waals surface area contributed by atoms with Gasteiger partial charge in [0.1, 0.15) is 0 Å². The number of nitrogens with zero attached hydrogens (tertiary/aromatic N) is 3. The number of carbonyl (C=O) groups is 1. The van der Waals surface area contributed by atoms with E-state index in [2.05, 4.69) is 22.0 Å². The first kappa shape index (κ1) is 17.6. The van der Waals surface area contributed by atoms with Crippen LogP contribution in [0.1, 0.15) is 50.1 Å². The normalized spacial score (nSPS) is 18.7. The standard InChI is InChI=1S/C19H25N3O3/c1-4-24-18(23)19(16-8-6-5-7-9-16)10-12-22(13-11-19)14(2)17-21-20-15(3)25-17/h5-9,14H,4,10-13H2,1-3H3. The quantitative estimate of drug-likeness (QED) is 0.777. The van der Waals surface area contributed by atoms with Gasteiger partial charge < -0.3 is 9.15 Å². The molecule has 1 aliphatic heterocycles. The number of esters is 1. The minimum Gasteiger partial charge on any atom is -0.465 e. The van der Waals surface area contributed by atoms with Crippen LogP contribution in [0.4, 0.5) is 0 Å². The third-order valence-corrected chi connectivity index (χ3v) is 5.09. The van der Waals surface area contributed by atoms with Crippen LogP contribution in [0.25, 0.3) is 0 Å². The number of hydrogen-bond acceptors (Lipinski definition) is 6. The van der Waals surface area contributed by atoms with Crippen LogP contribution in [0.3, 0.4) is 0 Å². The van der Waals surface area contributed by atoms with Crippen molar-refractivity contribution in [2.45, 2.75) is 45.1 Å². The van der Waals surface area contributed by atoms with Crippen LogP contribution < -0.4 is 0 Å². The monoisotopic (exact) mass is 343 g/mol. The predicted octanol–water partition coefficient (Wildman–Crippen LogP) is 3.04. The zero-order valence-corrected chi connectivity index (χ0v) is 15.1. The number of likely N-dealkylation sites (tertiary alicyclic amines) is 1. The molecule has 0 radical (unpaired) electrons. The number of ether oxygens (including phenoxy) is 1. The molecule has 1 aliphatic rings. The lowest BCUT2D eigenvalue weighted by Crippen LogP contribution is -2.48. The Morgan fingerprint density at radius 2 is 1.96 bits per heavy atom. The average molecular weight is 343 g/mol. The van der Waals surface area contributed by atoms with E-state index < -0.39 is 5.41 Å². The molecule has 1 fully saturated rings. The fourth-order valence-electron chi connectivity index (χ4n) is 3.57. The van der Waals surface area contributed by atoms with Crippen molar-refractivity contribution < 1.29 is 13.9 Å². The Balaban J connectivity index is 1.79. The minimum atomic E-state index is -0.571. The van der Waals surface area contributed by atoms with Crippen molar-refractivity contribution in [3.8, 4) is 0 Å². The van der Waals surface area contributed by atoms with Crippen molar-refractivity contribution in [1.82, 2.24) is 15.1 Å². The number of rotatable bonds is 5. The van der Waals surface area contributed by atoms with E-state index in [4.69, 9.17) is 9.15 Å². The Morgan fingerprint density at radius 1 is 1.28 bits per heavy atom. The van der Waals surface area contributed by atoms with Gasteiger partial charge in [-0.1, -0.05) is 30.3 Å². The molecule has 1 saturated heterocycles. The van der Waals surface area contributed by atoms with Gasteiger partial charge in [0, 0.05) is 20.0 Å². The van der Waals surface area contributed by atoms with E-state index in [-0.39, 0.29) is 12.0 Å². The van der Waals surface area contributed by atoms with Crippen LogP contribution in [0, 0.1) is 6.92 Å². The second kappa shape index (κ2) is 7.35. The molecule has 1 unspecified atom stereocenters. The fraction of sp³-hybridized carbons (Fsp3) is 0.526. The van der Waals surface area contributed by atoms with Crippen LogP contribution >= 0.6 is 0 Å². The number of aryl methyl sites for hydroxylation is 1. The Hall–Kier alpha value is -2.21. The van der Waals surface area contributed by atoms with Crippen molar-refractivity contribution in [3.05, 3.63) is 47.7 Å². The summed E-state index contributed by atoms with van der Waals surface area (Å²) < 4.78 is 11.0. The highest BCUT2D eigenvalue weighted by Crippen LogP contribution is 2.39.